The van der Waals surface area contributed by atoms with E-state index in [-0.39, 0.29) is 11.9 Å². The summed E-state index contributed by atoms with van der Waals surface area (Å²) >= 11 is 1.42. The van der Waals surface area contributed by atoms with Crippen LogP contribution in [0.15, 0.2) is 23.1 Å². The van der Waals surface area contributed by atoms with Gasteiger partial charge in [0, 0.05) is 4.90 Å². The lowest BCUT2D eigenvalue weighted by Gasteiger charge is -2.41. The molecule has 3 heteroatoms. The minimum atomic E-state index is -0.196. The van der Waals surface area contributed by atoms with Crippen LogP contribution >= 0.6 is 11.8 Å². The molecule has 0 spiro atoms. The van der Waals surface area contributed by atoms with Gasteiger partial charge in [-0.05, 0) is 42.2 Å². The Balaban J connectivity index is 2.19. The molecule has 1 fully saturated rings. The van der Waals surface area contributed by atoms with Crippen LogP contribution in [0, 0.1) is 11.7 Å². The first kappa shape index (κ1) is 11.9. The van der Waals surface area contributed by atoms with Crippen molar-refractivity contribution in [3.8, 4) is 0 Å². The molecule has 1 aliphatic rings. The van der Waals surface area contributed by atoms with Crippen LogP contribution in [0.4, 0.5) is 4.39 Å². The maximum absolute atomic E-state index is 13.6. The van der Waals surface area contributed by atoms with E-state index in [1.165, 1.54) is 11.8 Å². The number of benzene rings is 1. The van der Waals surface area contributed by atoms with Gasteiger partial charge in [0.15, 0.2) is 0 Å². The Labute approximate surface area is 100 Å². The molecule has 0 bridgehead atoms. The highest BCUT2D eigenvalue weighted by molar-refractivity contribution is 7.98. The molecule has 0 aliphatic heterocycles. The minimum absolute atomic E-state index is 0.138. The van der Waals surface area contributed by atoms with Crippen molar-refractivity contribution in [2.75, 3.05) is 6.26 Å². The second-order valence-corrected chi connectivity index (χ2v) is 5.22. The fraction of sp³-hybridized carbons (Fsp3) is 0.538. The monoisotopic (exact) mass is 240 g/mol. The predicted octanol–water partition coefficient (Wildman–Crippen LogP) is 3.42. The molecule has 16 heavy (non-hydrogen) atoms. The SMILES string of the molecule is CCC1C(O)CC1c1ccc(SC)c(F)c1. The van der Waals surface area contributed by atoms with Crippen molar-refractivity contribution in [3.05, 3.63) is 29.6 Å². The zero-order valence-corrected chi connectivity index (χ0v) is 10.4. The molecule has 0 heterocycles. The zero-order valence-electron chi connectivity index (χ0n) is 9.61. The fourth-order valence-electron chi connectivity index (χ4n) is 2.54. The molecule has 0 amide bonds. The standard InChI is InChI=1S/C13H17FOS/c1-3-9-10(7-12(9)15)8-4-5-13(16-2)11(14)6-8/h4-6,9-10,12,15H,3,7H2,1-2H3. The molecule has 0 aromatic heterocycles. The third-order valence-corrected chi connectivity index (χ3v) is 4.35. The fourth-order valence-corrected chi connectivity index (χ4v) is 2.99. The van der Waals surface area contributed by atoms with Gasteiger partial charge in [0.2, 0.25) is 0 Å². The Morgan fingerprint density at radius 3 is 2.75 bits per heavy atom. The van der Waals surface area contributed by atoms with Crippen LogP contribution in [0.1, 0.15) is 31.2 Å². The number of halogens is 1. The van der Waals surface area contributed by atoms with E-state index in [0.717, 1.165) is 18.4 Å². The van der Waals surface area contributed by atoms with E-state index in [1.54, 1.807) is 6.07 Å². The molecule has 0 radical (unpaired) electrons. The average Bonchev–Trinajstić information content (AvgIpc) is 2.26. The summed E-state index contributed by atoms with van der Waals surface area (Å²) in [5, 5.41) is 9.61. The van der Waals surface area contributed by atoms with E-state index in [4.69, 9.17) is 0 Å². The van der Waals surface area contributed by atoms with Crippen LogP contribution in [-0.4, -0.2) is 17.5 Å². The maximum atomic E-state index is 13.6. The van der Waals surface area contributed by atoms with E-state index < -0.39 is 0 Å². The maximum Gasteiger partial charge on any atom is 0.137 e. The van der Waals surface area contributed by atoms with Crippen LogP contribution in [0.2, 0.25) is 0 Å². The van der Waals surface area contributed by atoms with Gasteiger partial charge >= 0.3 is 0 Å². The summed E-state index contributed by atoms with van der Waals surface area (Å²) in [7, 11) is 0. The van der Waals surface area contributed by atoms with Gasteiger partial charge in [0.05, 0.1) is 6.10 Å². The Hall–Kier alpha value is -0.540. The molecular weight excluding hydrogens is 223 g/mol. The topological polar surface area (TPSA) is 20.2 Å². The van der Waals surface area contributed by atoms with Crippen LogP contribution in [-0.2, 0) is 0 Å². The van der Waals surface area contributed by atoms with Crippen molar-refractivity contribution in [2.24, 2.45) is 5.92 Å². The van der Waals surface area contributed by atoms with Gasteiger partial charge in [-0.2, -0.15) is 0 Å². The number of hydrogen-bond donors (Lipinski definition) is 1. The highest BCUT2D eigenvalue weighted by Gasteiger charge is 2.39. The second kappa shape index (κ2) is 4.76. The zero-order chi connectivity index (χ0) is 11.7. The Bertz CT molecular complexity index is 380. The third-order valence-electron chi connectivity index (χ3n) is 3.58. The van der Waals surface area contributed by atoms with Crippen LogP contribution in [0.3, 0.4) is 0 Å². The van der Waals surface area contributed by atoms with Crippen molar-refractivity contribution in [3.63, 3.8) is 0 Å². The van der Waals surface area contributed by atoms with Gasteiger partial charge in [-0.3, -0.25) is 0 Å². The molecular formula is C13H17FOS. The lowest BCUT2D eigenvalue weighted by atomic mass is 9.66. The van der Waals surface area contributed by atoms with Gasteiger partial charge in [-0.25, -0.2) is 4.39 Å². The number of aliphatic hydroxyl groups excluding tert-OH is 1. The number of rotatable bonds is 3. The van der Waals surface area contributed by atoms with E-state index in [9.17, 15) is 9.50 Å². The first-order valence-corrected chi connectivity index (χ1v) is 6.91. The Morgan fingerprint density at radius 2 is 2.25 bits per heavy atom. The van der Waals surface area contributed by atoms with Crippen molar-refractivity contribution in [2.45, 2.75) is 36.7 Å². The van der Waals surface area contributed by atoms with Gasteiger partial charge in [-0.15, -0.1) is 11.8 Å². The van der Waals surface area contributed by atoms with E-state index in [0.29, 0.717) is 16.7 Å². The molecule has 1 saturated carbocycles. The molecule has 88 valence electrons. The van der Waals surface area contributed by atoms with Crippen LogP contribution in [0.25, 0.3) is 0 Å². The summed E-state index contributed by atoms with van der Waals surface area (Å²) in [6, 6.07) is 5.46. The normalized spacial score (nSPS) is 28.9. The average molecular weight is 240 g/mol. The van der Waals surface area contributed by atoms with Gasteiger partial charge in [0.25, 0.3) is 0 Å². The van der Waals surface area contributed by atoms with Crippen molar-refractivity contribution < 1.29 is 9.50 Å². The van der Waals surface area contributed by atoms with Crippen molar-refractivity contribution >= 4 is 11.8 Å². The summed E-state index contributed by atoms with van der Waals surface area (Å²) in [5.41, 5.74) is 1.03. The number of thioether (sulfide) groups is 1. The molecule has 1 aliphatic carbocycles. The number of aliphatic hydroxyl groups is 1. The minimum Gasteiger partial charge on any atom is -0.393 e. The molecule has 1 nitrogen and oxygen atoms in total. The third kappa shape index (κ3) is 1.98. The van der Waals surface area contributed by atoms with Crippen molar-refractivity contribution in [1.29, 1.82) is 0 Å². The van der Waals surface area contributed by atoms with Gasteiger partial charge in [0.1, 0.15) is 5.82 Å². The van der Waals surface area contributed by atoms with E-state index in [1.807, 2.05) is 18.4 Å². The Morgan fingerprint density at radius 1 is 1.50 bits per heavy atom. The highest BCUT2D eigenvalue weighted by Crippen LogP contribution is 2.45. The molecule has 0 saturated heterocycles. The molecule has 3 atom stereocenters. The summed E-state index contributed by atoms with van der Waals surface area (Å²) in [6.45, 7) is 2.08. The van der Waals surface area contributed by atoms with Gasteiger partial charge in [-0.1, -0.05) is 19.4 Å². The summed E-state index contributed by atoms with van der Waals surface area (Å²) < 4.78 is 13.6. The van der Waals surface area contributed by atoms with Crippen LogP contribution < -0.4 is 0 Å². The lowest BCUT2D eigenvalue weighted by molar-refractivity contribution is -0.000843. The first-order chi connectivity index (χ1) is 7.67. The quantitative estimate of drug-likeness (QED) is 0.817. The summed E-state index contributed by atoms with van der Waals surface area (Å²) in [5.74, 6) is 0.506. The molecule has 2 rings (SSSR count). The van der Waals surface area contributed by atoms with Crippen LogP contribution in [0.5, 0.6) is 0 Å². The number of hydrogen-bond acceptors (Lipinski definition) is 2. The first-order valence-electron chi connectivity index (χ1n) is 5.68. The predicted molar refractivity (Wildman–Crippen MR) is 65.3 cm³/mol. The van der Waals surface area contributed by atoms with E-state index >= 15 is 0 Å². The van der Waals surface area contributed by atoms with Crippen molar-refractivity contribution in [1.82, 2.24) is 0 Å². The van der Waals surface area contributed by atoms with Gasteiger partial charge < -0.3 is 5.11 Å². The second-order valence-electron chi connectivity index (χ2n) is 4.38. The molecule has 1 aromatic carbocycles. The summed E-state index contributed by atoms with van der Waals surface area (Å²) in [6.07, 6.45) is 3.41. The highest BCUT2D eigenvalue weighted by atomic mass is 32.2. The summed E-state index contributed by atoms with van der Waals surface area (Å²) in [4.78, 5) is 0.691. The lowest BCUT2D eigenvalue weighted by Crippen LogP contribution is -2.39. The molecule has 1 aromatic rings. The smallest absolute Gasteiger partial charge is 0.137 e. The molecule has 3 unspecified atom stereocenters. The van der Waals surface area contributed by atoms with E-state index in [2.05, 4.69) is 6.92 Å². The molecule has 1 N–H and O–H groups in total. The Kier molecular flexibility index (Phi) is 3.55. The largest absolute Gasteiger partial charge is 0.393 e.